The maximum atomic E-state index is 12.3. The first-order valence-electron chi connectivity index (χ1n) is 6.61. The fourth-order valence-electron chi connectivity index (χ4n) is 2.31. The molecule has 108 valence electrons. The Hall–Kier alpha value is -1.34. The molecule has 2 amide bonds. The van der Waals surface area contributed by atoms with Gasteiger partial charge < -0.3 is 24.4 Å². The fourth-order valence-corrected chi connectivity index (χ4v) is 2.31. The second-order valence-corrected chi connectivity index (χ2v) is 4.77. The van der Waals surface area contributed by atoms with Crippen LogP contribution in [0.4, 0.5) is 4.79 Å². The van der Waals surface area contributed by atoms with Crippen LogP contribution in [0.15, 0.2) is 0 Å². The lowest BCUT2D eigenvalue weighted by Crippen LogP contribution is -2.56. The van der Waals surface area contributed by atoms with Crippen LogP contribution in [-0.2, 0) is 14.3 Å². The van der Waals surface area contributed by atoms with Gasteiger partial charge in [-0.15, -0.1) is 0 Å². The van der Waals surface area contributed by atoms with Gasteiger partial charge in [0, 0.05) is 19.6 Å². The van der Waals surface area contributed by atoms with Crippen molar-refractivity contribution in [3.05, 3.63) is 0 Å². The van der Waals surface area contributed by atoms with E-state index in [1.165, 1.54) is 0 Å². The highest BCUT2D eigenvalue weighted by molar-refractivity contribution is 5.77. The lowest BCUT2D eigenvalue weighted by Gasteiger charge is -2.38. The first-order valence-corrected chi connectivity index (χ1v) is 6.61. The van der Waals surface area contributed by atoms with E-state index < -0.39 is 12.1 Å². The minimum absolute atomic E-state index is 0.0778. The third-order valence-corrected chi connectivity index (χ3v) is 3.48. The molecule has 7 heteroatoms. The normalized spacial score (nSPS) is 28.3. The van der Waals surface area contributed by atoms with Crippen molar-refractivity contribution in [1.29, 1.82) is 0 Å². The van der Waals surface area contributed by atoms with E-state index >= 15 is 0 Å². The standard InChI is InChI=1S/C12H20N2O5/c1-2-9-7-13(3-5-18-9)12(17)14-4-6-19-10(8-14)11(15)16/h9-10H,2-8H2,1H3,(H,15,16). The molecule has 0 aromatic rings. The topological polar surface area (TPSA) is 79.3 Å². The monoisotopic (exact) mass is 272 g/mol. The Bertz CT molecular complexity index is 349. The predicted molar refractivity (Wildman–Crippen MR) is 65.9 cm³/mol. The number of hydrogen-bond donors (Lipinski definition) is 1. The Balaban J connectivity index is 1.93. The third kappa shape index (κ3) is 3.36. The maximum Gasteiger partial charge on any atom is 0.334 e. The van der Waals surface area contributed by atoms with E-state index in [2.05, 4.69) is 0 Å². The largest absolute Gasteiger partial charge is 0.479 e. The molecule has 19 heavy (non-hydrogen) atoms. The zero-order valence-electron chi connectivity index (χ0n) is 11.1. The van der Waals surface area contributed by atoms with Gasteiger partial charge in [-0.25, -0.2) is 9.59 Å². The number of hydrogen-bond acceptors (Lipinski definition) is 4. The van der Waals surface area contributed by atoms with Crippen molar-refractivity contribution in [3.8, 4) is 0 Å². The molecule has 0 aliphatic carbocycles. The van der Waals surface area contributed by atoms with Gasteiger partial charge in [0.2, 0.25) is 0 Å². The number of ether oxygens (including phenoxy) is 2. The van der Waals surface area contributed by atoms with Crippen LogP contribution in [0.3, 0.4) is 0 Å². The van der Waals surface area contributed by atoms with Crippen molar-refractivity contribution >= 4 is 12.0 Å². The lowest BCUT2D eigenvalue weighted by molar-refractivity contribution is -0.154. The second-order valence-electron chi connectivity index (χ2n) is 4.77. The van der Waals surface area contributed by atoms with Crippen molar-refractivity contribution in [2.75, 3.05) is 39.4 Å². The number of nitrogens with zero attached hydrogens (tertiary/aromatic N) is 2. The summed E-state index contributed by atoms with van der Waals surface area (Å²) in [6, 6.07) is -0.115. The molecule has 0 spiro atoms. The number of morpholine rings is 2. The van der Waals surface area contributed by atoms with Crippen LogP contribution < -0.4 is 0 Å². The van der Waals surface area contributed by atoms with Crippen LogP contribution in [0.25, 0.3) is 0 Å². The Morgan fingerprint density at radius 3 is 2.42 bits per heavy atom. The lowest BCUT2D eigenvalue weighted by atomic mass is 10.2. The predicted octanol–water partition coefficient (Wildman–Crippen LogP) is 0.00260. The van der Waals surface area contributed by atoms with E-state index in [-0.39, 0.29) is 25.3 Å². The number of amides is 2. The van der Waals surface area contributed by atoms with Crippen LogP contribution in [0.2, 0.25) is 0 Å². The molecule has 2 atom stereocenters. The van der Waals surface area contributed by atoms with Gasteiger partial charge in [-0.3, -0.25) is 0 Å². The molecule has 0 saturated carbocycles. The summed E-state index contributed by atoms with van der Waals surface area (Å²) in [4.78, 5) is 26.5. The van der Waals surface area contributed by atoms with E-state index in [0.717, 1.165) is 6.42 Å². The summed E-state index contributed by atoms with van der Waals surface area (Å²) in [5, 5.41) is 8.93. The number of carboxylic acids is 1. The molecule has 2 fully saturated rings. The molecule has 1 N–H and O–H groups in total. The quantitative estimate of drug-likeness (QED) is 0.765. The Kier molecular flexibility index (Phi) is 4.60. The zero-order chi connectivity index (χ0) is 13.8. The number of carbonyl (C=O) groups is 2. The van der Waals surface area contributed by atoms with Crippen LogP contribution >= 0.6 is 0 Å². The number of carboxylic acid groups (broad SMARTS) is 1. The second kappa shape index (κ2) is 6.21. The minimum Gasteiger partial charge on any atom is -0.479 e. The van der Waals surface area contributed by atoms with Crippen molar-refractivity contribution in [2.24, 2.45) is 0 Å². The molecule has 2 aliphatic heterocycles. The summed E-state index contributed by atoms with van der Waals surface area (Å²) >= 11 is 0. The average Bonchev–Trinajstić information content (AvgIpc) is 2.46. The molecule has 0 bridgehead atoms. The minimum atomic E-state index is -1.02. The van der Waals surface area contributed by atoms with E-state index in [1.807, 2.05) is 6.92 Å². The van der Waals surface area contributed by atoms with Crippen molar-refractivity contribution < 1.29 is 24.2 Å². The maximum absolute atomic E-state index is 12.3. The molecule has 2 unspecified atom stereocenters. The highest BCUT2D eigenvalue weighted by Crippen LogP contribution is 2.13. The molecule has 2 aliphatic rings. The Morgan fingerprint density at radius 2 is 1.79 bits per heavy atom. The van der Waals surface area contributed by atoms with Crippen molar-refractivity contribution in [1.82, 2.24) is 9.80 Å². The van der Waals surface area contributed by atoms with Gasteiger partial charge in [-0.1, -0.05) is 6.92 Å². The van der Waals surface area contributed by atoms with E-state index in [4.69, 9.17) is 14.6 Å². The number of urea groups is 1. The molecule has 0 radical (unpaired) electrons. The van der Waals surface area contributed by atoms with Gasteiger partial charge in [0.05, 0.1) is 25.9 Å². The molecule has 2 rings (SSSR count). The molecule has 2 heterocycles. The first kappa shape index (κ1) is 14.1. The van der Waals surface area contributed by atoms with Gasteiger partial charge in [0.15, 0.2) is 6.10 Å². The summed E-state index contributed by atoms with van der Waals surface area (Å²) in [5.41, 5.74) is 0. The number of carbonyl (C=O) groups excluding carboxylic acids is 1. The highest BCUT2D eigenvalue weighted by Gasteiger charge is 2.32. The van der Waals surface area contributed by atoms with Gasteiger partial charge in [-0.05, 0) is 6.42 Å². The molecule has 2 saturated heterocycles. The van der Waals surface area contributed by atoms with Crippen molar-refractivity contribution in [2.45, 2.75) is 25.6 Å². The Morgan fingerprint density at radius 1 is 1.16 bits per heavy atom. The van der Waals surface area contributed by atoms with Crippen LogP contribution in [0.1, 0.15) is 13.3 Å². The van der Waals surface area contributed by atoms with E-state index in [1.54, 1.807) is 9.80 Å². The summed E-state index contributed by atoms with van der Waals surface area (Å²) in [6.45, 7) is 4.52. The summed E-state index contributed by atoms with van der Waals surface area (Å²) in [6.07, 6.45) is 0.0275. The first-order chi connectivity index (χ1) is 9.11. The van der Waals surface area contributed by atoms with Crippen LogP contribution in [0, 0.1) is 0 Å². The SMILES string of the molecule is CCC1CN(C(=O)N2CCOC(C(=O)O)C2)CCO1. The molecular weight excluding hydrogens is 252 g/mol. The molecule has 7 nitrogen and oxygen atoms in total. The highest BCUT2D eigenvalue weighted by atomic mass is 16.5. The van der Waals surface area contributed by atoms with Gasteiger partial charge in [0.1, 0.15) is 0 Å². The van der Waals surface area contributed by atoms with Crippen LogP contribution in [0.5, 0.6) is 0 Å². The van der Waals surface area contributed by atoms with Crippen LogP contribution in [-0.4, -0.2) is 78.5 Å². The summed E-state index contributed by atoms with van der Waals surface area (Å²) < 4.78 is 10.6. The smallest absolute Gasteiger partial charge is 0.334 e. The number of aliphatic carboxylic acids is 1. The van der Waals surface area contributed by atoms with E-state index in [0.29, 0.717) is 26.2 Å². The van der Waals surface area contributed by atoms with Gasteiger partial charge in [-0.2, -0.15) is 0 Å². The third-order valence-electron chi connectivity index (χ3n) is 3.48. The fraction of sp³-hybridized carbons (Fsp3) is 0.833. The average molecular weight is 272 g/mol. The van der Waals surface area contributed by atoms with E-state index in [9.17, 15) is 9.59 Å². The summed E-state index contributed by atoms with van der Waals surface area (Å²) in [5.74, 6) is -1.02. The summed E-state index contributed by atoms with van der Waals surface area (Å²) in [7, 11) is 0. The van der Waals surface area contributed by atoms with Gasteiger partial charge in [0.25, 0.3) is 0 Å². The molecule has 0 aromatic carbocycles. The van der Waals surface area contributed by atoms with Crippen molar-refractivity contribution in [3.63, 3.8) is 0 Å². The Labute approximate surface area is 112 Å². The number of rotatable bonds is 2. The van der Waals surface area contributed by atoms with Gasteiger partial charge >= 0.3 is 12.0 Å². The zero-order valence-corrected chi connectivity index (χ0v) is 11.1. The molecular formula is C12H20N2O5. The molecule has 0 aromatic heterocycles.